The molecule has 2 saturated heterocycles. The van der Waals surface area contributed by atoms with E-state index in [2.05, 4.69) is 4.90 Å². The lowest BCUT2D eigenvalue weighted by atomic mass is 9.96. The molecule has 0 bridgehead atoms. The average molecular weight is 285 g/mol. The lowest BCUT2D eigenvalue weighted by Crippen LogP contribution is -2.49. The Labute approximate surface area is 123 Å². The third-order valence-corrected chi connectivity index (χ3v) is 5.10. The van der Waals surface area contributed by atoms with Crippen molar-refractivity contribution in [3.05, 3.63) is 29.3 Å². The fourth-order valence-corrected chi connectivity index (χ4v) is 4.05. The Morgan fingerprint density at radius 1 is 1.00 bits per heavy atom. The predicted molar refractivity (Wildman–Crippen MR) is 79.0 cm³/mol. The van der Waals surface area contributed by atoms with Crippen LogP contribution in [0.2, 0.25) is 0 Å². The average Bonchev–Trinajstić information content (AvgIpc) is 3.02. The van der Waals surface area contributed by atoms with Gasteiger partial charge in [0.15, 0.2) is 0 Å². The second kappa shape index (κ2) is 4.56. The first-order valence-corrected chi connectivity index (χ1v) is 7.66. The molecule has 2 N–H and O–H groups in total. The number of imide groups is 1. The van der Waals surface area contributed by atoms with Gasteiger partial charge in [-0.05, 0) is 50.4 Å². The molecule has 2 unspecified atom stereocenters. The zero-order valence-electron chi connectivity index (χ0n) is 11.9. The van der Waals surface area contributed by atoms with Gasteiger partial charge in [0.05, 0.1) is 11.1 Å². The fraction of sp³-hybridized carbons (Fsp3) is 0.500. The summed E-state index contributed by atoms with van der Waals surface area (Å²) in [6.07, 6.45) is 4.22. The number of benzene rings is 1. The van der Waals surface area contributed by atoms with Gasteiger partial charge in [-0.15, -0.1) is 0 Å². The molecule has 3 heterocycles. The molecule has 5 heteroatoms. The lowest BCUT2D eigenvalue weighted by Gasteiger charge is -2.38. The summed E-state index contributed by atoms with van der Waals surface area (Å²) >= 11 is 0. The second-order valence-electron chi connectivity index (χ2n) is 6.30. The summed E-state index contributed by atoms with van der Waals surface area (Å²) in [5.74, 6) is -0.315. The van der Waals surface area contributed by atoms with E-state index in [0.29, 0.717) is 22.9 Å². The van der Waals surface area contributed by atoms with E-state index in [1.54, 1.807) is 18.2 Å². The topological polar surface area (TPSA) is 66.6 Å². The standard InChI is InChI=1S/C16H19N3O2/c17-10-3-4-13-14(8-10)16(21)19(15(13)20)12-5-7-18-6-1-2-11(18)9-12/h3-4,8,11-12H,1-2,5-7,9,17H2. The second-order valence-corrected chi connectivity index (χ2v) is 6.30. The van der Waals surface area contributed by atoms with Gasteiger partial charge in [-0.3, -0.25) is 14.5 Å². The van der Waals surface area contributed by atoms with Crippen molar-refractivity contribution in [1.82, 2.24) is 9.80 Å². The van der Waals surface area contributed by atoms with Crippen LogP contribution in [0, 0.1) is 0 Å². The van der Waals surface area contributed by atoms with Crippen LogP contribution >= 0.6 is 0 Å². The van der Waals surface area contributed by atoms with Crippen LogP contribution in [0.5, 0.6) is 0 Å². The smallest absolute Gasteiger partial charge is 0.261 e. The summed E-state index contributed by atoms with van der Waals surface area (Å²) in [5.41, 5.74) is 7.24. The first kappa shape index (κ1) is 12.8. The normalized spacial score (nSPS) is 28.9. The van der Waals surface area contributed by atoms with Gasteiger partial charge in [-0.2, -0.15) is 0 Å². The van der Waals surface area contributed by atoms with Crippen LogP contribution in [0.25, 0.3) is 0 Å². The summed E-state index contributed by atoms with van der Waals surface area (Å²) in [5, 5.41) is 0. The van der Waals surface area contributed by atoms with Crippen molar-refractivity contribution >= 4 is 17.5 Å². The number of carbonyl (C=O) groups is 2. The SMILES string of the molecule is Nc1ccc2c(c1)C(=O)N(C1CCN3CCCC3C1)C2=O. The van der Waals surface area contributed by atoms with Gasteiger partial charge >= 0.3 is 0 Å². The summed E-state index contributed by atoms with van der Waals surface area (Å²) in [6.45, 7) is 2.15. The molecular weight excluding hydrogens is 266 g/mol. The minimum atomic E-state index is -0.168. The van der Waals surface area contributed by atoms with Gasteiger partial charge in [0.25, 0.3) is 11.8 Å². The number of nitrogens with two attached hydrogens (primary N) is 1. The maximum atomic E-state index is 12.6. The van der Waals surface area contributed by atoms with Crippen molar-refractivity contribution in [2.45, 2.75) is 37.8 Å². The monoisotopic (exact) mass is 285 g/mol. The zero-order chi connectivity index (χ0) is 14.6. The van der Waals surface area contributed by atoms with Crippen LogP contribution in [0.4, 0.5) is 5.69 Å². The number of rotatable bonds is 1. The van der Waals surface area contributed by atoms with Gasteiger partial charge in [-0.25, -0.2) is 0 Å². The molecule has 4 rings (SSSR count). The third kappa shape index (κ3) is 1.87. The van der Waals surface area contributed by atoms with Crippen molar-refractivity contribution in [2.24, 2.45) is 0 Å². The van der Waals surface area contributed by atoms with Crippen LogP contribution in [-0.4, -0.2) is 46.8 Å². The van der Waals surface area contributed by atoms with Gasteiger partial charge in [0, 0.05) is 24.3 Å². The molecule has 110 valence electrons. The maximum Gasteiger partial charge on any atom is 0.261 e. The Morgan fingerprint density at radius 2 is 1.81 bits per heavy atom. The van der Waals surface area contributed by atoms with Crippen LogP contribution in [0.15, 0.2) is 18.2 Å². The molecule has 3 aliphatic heterocycles. The highest BCUT2D eigenvalue weighted by atomic mass is 16.2. The number of amides is 2. The van der Waals surface area contributed by atoms with Crippen LogP contribution < -0.4 is 5.73 Å². The molecule has 0 saturated carbocycles. The van der Waals surface area contributed by atoms with E-state index in [1.165, 1.54) is 17.7 Å². The summed E-state index contributed by atoms with van der Waals surface area (Å²) in [4.78, 5) is 29.1. The van der Waals surface area contributed by atoms with E-state index in [4.69, 9.17) is 5.73 Å². The van der Waals surface area contributed by atoms with Gasteiger partial charge in [0.2, 0.25) is 0 Å². The number of nitrogen functional groups attached to an aromatic ring is 1. The molecule has 0 radical (unpaired) electrons. The van der Waals surface area contributed by atoms with E-state index < -0.39 is 0 Å². The highest BCUT2D eigenvalue weighted by Gasteiger charge is 2.43. The molecule has 5 nitrogen and oxygen atoms in total. The lowest BCUT2D eigenvalue weighted by molar-refractivity contribution is 0.0466. The highest BCUT2D eigenvalue weighted by Crippen LogP contribution is 2.34. The molecule has 0 spiro atoms. The first-order chi connectivity index (χ1) is 10.1. The largest absolute Gasteiger partial charge is 0.399 e. The quantitative estimate of drug-likeness (QED) is 0.627. The fourth-order valence-electron chi connectivity index (χ4n) is 4.05. The van der Waals surface area contributed by atoms with Crippen molar-refractivity contribution < 1.29 is 9.59 Å². The molecule has 1 aromatic rings. The van der Waals surface area contributed by atoms with Crippen molar-refractivity contribution in [1.29, 1.82) is 0 Å². The number of hydrogen-bond donors (Lipinski definition) is 1. The van der Waals surface area contributed by atoms with Crippen molar-refractivity contribution in [3.8, 4) is 0 Å². The molecule has 3 aliphatic rings. The Kier molecular flexibility index (Phi) is 2.79. The summed E-state index contributed by atoms with van der Waals surface area (Å²) in [6, 6.07) is 5.57. The maximum absolute atomic E-state index is 12.6. The van der Waals surface area contributed by atoms with E-state index in [1.807, 2.05) is 0 Å². The van der Waals surface area contributed by atoms with E-state index >= 15 is 0 Å². The number of fused-ring (bicyclic) bond motifs is 2. The van der Waals surface area contributed by atoms with Crippen molar-refractivity contribution in [3.63, 3.8) is 0 Å². The molecule has 21 heavy (non-hydrogen) atoms. The minimum absolute atomic E-state index is 0.0398. The predicted octanol–water partition coefficient (Wildman–Crippen LogP) is 1.49. The van der Waals surface area contributed by atoms with E-state index in [-0.39, 0.29) is 17.9 Å². The Hall–Kier alpha value is -1.88. The molecule has 0 aliphatic carbocycles. The molecule has 2 fully saturated rings. The summed E-state index contributed by atoms with van der Waals surface area (Å²) < 4.78 is 0. The number of nitrogens with zero attached hydrogens (tertiary/aromatic N) is 2. The van der Waals surface area contributed by atoms with Gasteiger partial charge in [0.1, 0.15) is 0 Å². The van der Waals surface area contributed by atoms with Crippen LogP contribution in [-0.2, 0) is 0 Å². The third-order valence-electron chi connectivity index (χ3n) is 5.10. The van der Waals surface area contributed by atoms with Crippen molar-refractivity contribution in [2.75, 3.05) is 18.8 Å². The van der Waals surface area contributed by atoms with Gasteiger partial charge < -0.3 is 10.6 Å². The number of hydrogen-bond acceptors (Lipinski definition) is 4. The Balaban J connectivity index is 1.62. The Bertz CT molecular complexity index is 628. The molecular formula is C16H19N3O2. The molecule has 2 atom stereocenters. The van der Waals surface area contributed by atoms with E-state index in [0.717, 1.165) is 25.9 Å². The van der Waals surface area contributed by atoms with E-state index in [9.17, 15) is 9.59 Å². The van der Waals surface area contributed by atoms with Gasteiger partial charge in [-0.1, -0.05) is 0 Å². The Morgan fingerprint density at radius 3 is 2.67 bits per heavy atom. The summed E-state index contributed by atoms with van der Waals surface area (Å²) in [7, 11) is 0. The molecule has 1 aromatic carbocycles. The minimum Gasteiger partial charge on any atom is -0.399 e. The molecule has 2 amide bonds. The number of carbonyl (C=O) groups excluding carboxylic acids is 2. The zero-order valence-corrected chi connectivity index (χ0v) is 11.9. The number of piperidine rings is 1. The van der Waals surface area contributed by atoms with Crippen LogP contribution in [0.1, 0.15) is 46.4 Å². The number of anilines is 1. The van der Waals surface area contributed by atoms with Crippen LogP contribution in [0.3, 0.4) is 0 Å². The molecule has 0 aromatic heterocycles. The highest BCUT2D eigenvalue weighted by molar-refractivity contribution is 6.21. The first-order valence-electron chi connectivity index (χ1n) is 7.66.